The minimum absolute atomic E-state index is 0.205. The van der Waals surface area contributed by atoms with Crippen molar-refractivity contribution < 1.29 is 34.1 Å². The molecule has 0 heterocycles. The van der Waals surface area contributed by atoms with Crippen LogP contribution >= 0.6 is 0 Å². The van der Waals surface area contributed by atoms with Gasteiger partial charge in [0.05, 0.1) is 18.8 Å². The van der Waals surface area contributed by atoms with E-state index in [9.17, 15) is 14.4 Å². The highest BCUT2D eigenvalue weighted by Crippen LogP contribution is 2.12. The van der Waals surface area contributed by atoms with E-state index in [2.05, 4.69) is 0 Å². The number of carboxylic acid groups (broad SMARTS) is 2. The number of rotatable bonds is 15. The number of carboxylic acids is 2. The third kappa shape index (κ3) is 11.6. The van der Waals surface area contributed by atoms with E-state index < -0.39 is 11.9 Å². The number of hydrogen-bond donors (Lipinski definition) is 2. The van der Waals surface area contributed by atoms with Gasteiger partial charge in [-0.3, -0.25) is 9.59 Å². The van der Waals surface area contributed by atoms with Gasteiger partial charge in [-0.05, 0) is 37.1 Å². The zero-order valence-corrected chi connectivity index (χ0v) is 15.5. The Balaban J connectivity index is 1.95. The Labute approximate surface area is 159 Å². The molecule has 0 aromatic heterocycles. The number of esters is 1. The lowest BCUT2D eigenvalue weighted by Crippen LogP contribution is -2.09. The van der Waals surface area contributed by atoms with Crippen molar-refractivity contribution in [2.45, 2.75) is 57.8 Å². The maximum atomic E-state index is 11.6. The Hall–Kier alpha value is -2.57. The highest BCUT2D eigenvalue weighted by atomic mass is 16.5. The van der Waals surface area contributed by atoms with Gasteiger partial charge in [-0.1, -0.05) is 25.7 Å². The summed E-state index contributed by atoms with van der Waals surface area (Å²) in [6, 6.07) is 6.14. The van der Waals surface area contributed by atoms with Crippen LogP contribution in [0.1, 0.15) is 68.1 Å². The highest BCUT2D eigenvalue weighted by Gasteiger charge is 2.04. The molecule has 150 valence electrons. The first-order chi connectivity index (χ1) is 13.0. The summed E-state index contributed by atoms with van der Waals surface area (Å²) in [5.41, 5.74) is 0.205. The molecular weight excluding hydrogens is 352 g/mol. The quantitative estimate of drug-likeness (QED) is 0.351. The summed E-state index contributed by atoms with van der Waals surface area (Å²) >= 11 is 0. The van der Waals surface area contributed by atoms with Gasteiger partial charge >= 0.3 is 17.9 Å². The van der Waals surface area contributed by atoms with Crippen molar-refractivity contribution in [2.75, 3.05) is 13.2 Å². The van der Waals surface area contributed by atoms with Gasteiger partial charge in [0, 0.05) is 19.3 Å². The first-order valence-electron chi connectivity index (χ1n) is 9.32. The zero-order valence-electron chi connectivity index (χ0n) is 15.5. The molecule has 0 atom stereocenters. The smallest absolute Gasteiger partial charge is 0.335 e. The average molecular weight is 380 g/mol. The third-order valence-corrected chi connectivity index (χ3v) is 3.94. The molecular formula is C20H28O7. The van der Waals surface area contributed by atoms with Crippen LogP contribution in [0.3, 0.4) is 0 Å². The monoisotopic (exact) mass is 380 g/mol. The van der Waals surface area contributed by atoms with Gasteiger partial charge in [-0.25, -0.2) is 4.79 Å². The maximum Gasteiger partial charge on any atom is 0.335 e. The van der Waals surface area contributed by atoms with Crippen LogP contribution in [0.4, 0.5) is 0 Å². The fourth-order valence-electron chi connectivity index (χ4n) is 2.45. The van der Waals surface area contributed by atoms with Crippen LogP contribution in [0, 0.1) is 0 Å². The number of aliphatic carboxylic acids is 1. The van der Waals surface area contributed by atoms with Crippen molar-refractivity contribution in [1.82, 2.24) is 0 Å². The van der Waals surface area contributed by atoms with E-state index in [1.807, 2.05) is 0 Å². The standard InChI is InChI=1S/C20H28O7/c21-18(22)8-5-3-1-2-4-6-9-19(23)27-15-7-14-26-17-12-10-16(11-13-17)20(24)25/h10-13H,1-9,14-15H2,(H,21,22)(H,24,25). The molecule has 1 aromatic rings. The summed E-state index contributed by atoms with van der Waals surface area (Å²) in [7, 11) is 0. The predicted molar refractivity (Wildman–Crippen MR) is 99.0 cm³/mol. The molecule has 0 spiro atoms. The summed E-state index contributed by atoms with van der Waals surface area (Å²) in [4.78, 5) is 32.7. The molecule has 7 heteroatoms. The van der Waals surface area contributed by atoms with Crippen LogP contribution in [0.15, 0.2) is 24.3 Å². The lowest BCUT2D eigenvalue weighted by atomic mass is 10.1. The Morgan fingerprint density at radius 1 is 0.741 bits per heavy atom. The number of unbranched alkanes of at least 4 members (excludes halogenated alkanes) is 5. The fourth-order valence-corrected chi connectivity index (χ4v) is 2.45. The van der Waals surface area contributed by atoms with Gasteiger partial charge in [-0.2, -0.15) is 0 Å². The number of ether oxygens (including phenoxy) is 2. The van der Waals surface area contributed by atoms with Crippen LogP contribution in [0.5, 0.6) is 5.75 Å². The molecule has 0 aliphatic carbocycles. The van der Waals surface area contributed by atoms with Crippen molar-refractivity contribution in [3.05, 3.63) is 29.8 Å². The highest BCUT2D eigenvalue weighted by molar-refractivity contribution is 5.87. The number of hydrogen-bond acceptors (Lipinski definition) is 5. The molecule has 2 N–H and O–H groups in total. The largest absolute Gasteiger partial charge is 0.493 e. The van der Waals surface area contributed by atoms with Gasteiger partial charge in [0.1, 0.15) is 5.75 Å². The SMILES string of the molecule is O=C(O)CCCCCCCCC(=O)OCCCOc1ccc(C(=O)O)cc1. The molecule has 1 rings (SSSR count). The second-order valence-corrected chi connectivity index (χ2v) is 6.27. The molecule has 0 saturated heterocycles. The van der Waals surface area contributed by atoms with Gasteiger partial charge in [0.15, 0.2) is 0 Å². The van der Waals surface area contributed by atoms with E-state index in [1.165, 1.54) is 12.1 Å². The van der Waals surface area contributed by atoms with Crippen LogP contribution in [-0.4, -0.2) is 41.3 Å². The van der Waals surface area contributed by atoms with E-state index in [0.717, 1.165) is 32.1 Å². The molecule has 7 nitrogen and oxygen atoms in total. The van der Waals surface area contributed by atoms with Crippen LogP contribution in [0.2, 0.25) is 0 Å². The molecule has 0 radical (unpaired) electrons. The minimum Gasteiger partial charge on any atom is -0.493 e. The first-order valence-corrected chi connectivity index (χ1v) is 9.32. The van der Waals surface area contributed by atoms with Crippen LogP contribution in [0.25, 0.3) is 0 Å². The molecule has 0 aliphatic heterocycles. The third-order valence-electron chi connectivity index (χ3n) is 3.94. The molecule has 1 aromatic carbocycles. The Kier molecular flexibility index (Phi) is 11.3. The Bertz CT molecular complexity index is 580. The van der Waals surface area contributed by atoms with Gasteiger partial charge in [0.25, 0.3) is 0 Å². The van der Waals surface area contributed by atoms with E-state index in [1.54, 1.807) is 12.1 Å². The van der Waals surface area contributed by atoms with E-state index in [4.69, 9.17) is 19.7 Å². The molecule has 0 bridgehead atoms. The maximum absolute atomic E-state index is 11.6. The number of aromatic carboxylic acids is 1. The molecule has 0 unspecified atom stereocenters. The second kappa shape index (κ2) is 13.6. The lowest BCUT2D eigenvalue weighted by Gasteiger charge is -2.07. The van der Waals surface area contributed by atoms with Crippen molar-refractivity contribution >= 4 is 17.9 Å². The van der Waals surface area contributed by atoms with Gasteiger partial charge in [0.2, 0.25) is 0 Å². The van der Waals surface area contributed by atoms with Crippen molar-refractivity contribution in [1.29, 1.82) is 0 Å². The normalized spacial score (nSPS) is 10.4. The topological polar surface area (TPSA) is 110 Å². The number of benzene rings is 1. The molecule has 27 heavy (non-hydrogen) atoms. The number of carbonyl (C=O) groups is 3. The van der Waals surface area contributed by atoms with E-state index >= 15 is 0 Å². The summed E-state index contributed by atoms with van der Waals surface area (Å²) < 4.78 is 10.6. The van der Waals surface area contributed by atoms with Crippen LogP contribution < -0.4 is 4.74 Å². The minimum atomic E-state index is -0.980. The first kappa shape index (κ1) is 22.5. The van der Waals surface area contributed by atoms with Gasteiger partial charge < -0.3 is 19.7 Å². The van der Waals surface area contributed by atoms with Crippen molar-refractivity contribution in [2.24, 2.45) is 0 Å². The zero-order chi connectivity index (χ0) is 19.9. The fraction of sp³-hybridized carbons (Fsp3) is 0.550. The van der Waals surface area contributed by atoms with Crippen molar-refractivity contribution in [3.8, 4) is 5.75 Å². The summed E-state index contributed by atoms with van der Waals surface area (Å²) in [6.07, 6.45) is 6.53. The summed E-state index contributed by atoms with van der Waals surface area (Å²) in [5, 5.41) is 17.3. The number of carbonyl (C=O) groups excluding carboxylic acids is 1. The molecule has 0 fully saturated rings. The van der Waals surface area contributed by atoms with E-state index in [0.29, 0.717) is 38.2 Å². The van der Waals surface area contributed by atoms with Crippen molar-refractivity contribution in [3.63, 3.8) is 0 Å². The molecule has 0 saturated carbocycles. The van der Waals surface area contributed by atoms with E-state index in [-0.39, 0.29) is 18.0 Å². The lowest BCUT2D eigenvalue weighted by molar-refractivity contribution is -0.144. The molecule has 0 aliphatic rings. The average Bonchev–Trinajstić information content (AvgIpc) is 2.63. The predicted octanol–water partition coefficient (Wildman–Crippen LogP) is 3.90. The second-order valence-electron chi connectivity index (χ2n) is 6.27. The summed E-state index contributed by atoms with van der Waals surface area (Å²) in [6.45, 7) is 0.678. The summed E-state index contributed by atoms with van der Waals surface area (Å²) in [5.74, 6) is -1.37. The molecule has 0 amide bonds. The Morgan fingerprint density at radius 3 is 1.93 bits per heavy atom. The van der Waals surface area contributed by atoms with Gasteiger partial charge in [-0.15, -0.1) is 0 Å². The Morgan fingerprint density at radius 2 is 1.33 bits per heavy atom. The van der Waals surface area contributed by atoms with Crippen LogP contribution in [-0.2, 0) is 14.3 Å².